The van der Waals surface area contributed by atoms with Gasteiger partial charge in [0.15, 0.2) is 5.78 Å². The zero-order valence-electron chi connectivity index (χ0n) is 12.1. The molecule has 1 nitrogen and oxygen atoms in total. The fourth-order valence-corrected chi connectivity index (χ4v) is 4.06. The number of hydrogen-bond donors (Lipinski definition) is 0. The number of allylic oxidation sites excluding steroid dienone is 4. The molecule has 0 saturated heterocycles. The molecule has 0 amide bonds. The quantitative estimate of drug-likeness (QED) is 0.570. The van der Waals surface area contributed by atoms with Crippen LogP contribution >= 0.6 is 23.2 Å². The summed E-state index contributed by atoms with van der Waals surface area (Å²) in [4.78, 5) is 11.9. The van der Waals surface area contributed by atoms with E-state index < -0.39 is 4.33 Å². The predicted octanol–water partition coefficient (Wildman–Crippen LogP) is 5.08. The van der Waals surface area contributed by atoms with E-state index in [-0.39, 0.29) is 16.6 Å². The topological polar surface area (TPSA) is 17.1 Å². The van der Waals surface area contributed by atoms with E-state index in [1.165, 1.54) is 0 Å². The molecule has 0 bridgehead atoms. The summed E-state index contributed by atoms with van der Waals surface area (Å²) in [5, 5.41) is 0. The molecule has 0 aliphatic heterocycles. The number of halogens is 2. The third-order valence-corrected chi connectivity index (χ3v) is 6.19. The second-order valence-electron chi connectivity index (χ2n) is 6.91. The number of ketones is 1. The molecule has 2 aliphatic carbocycles. The Hall–Kier alpha value is -0.270. The molecule has 106 valence electrons. The summed E-state index contributed by atoms with van der Waals surface area (Å²) < 4.78 is -0.622. The number of alkyl halides is 2. The molecule has 1 fully saturated rings. The summed E-state index contributed by atoms with van der Waals surface area (Å²) in [5.74, 6) is 0.404. The minimum atomic E-state index is -0.622. The van der Waals surface area contributed by atoms with E-state index in [1.807, 2.05) is 19.1 Å². The maximum absolute atomic E-state index is 11.9. The first kappa shape index (κ1) is 15.1. The van der Waals surface area contributed by atoms with E-state index >= 15 is 0 Å². The van der Waals surface area contributed by atoms with Gasteiger partial charge in [0.25, 0.3) is 0 Å². The second kappa shape index (κ2) is 4.63. The van der Waals surface area contributed by atoms with Gasteiger partial charge in [0, 0.05) is 11.3 Å². The van der Waals surface area contributed by atoms with Crippen LogP contribution in [-0.4, -0.2) is 10.1 Å². The van der Waals surface area contributed by atoms with E-state index in [0.717, 1.165) is 24.8 Å². The zero-order valence-corrected chi connectivity index (χ0v) is 13.6. The predicted molar refractivity (Wildman–Crippen MR) is 81.6 cm³/mol. The molecule has 1 saturated carbocycles. The molecule has 0 aromatic heterocycles. The molecule has 0 N–H and O–H groups in total. The lowest BCUT2D eigenvalue weighted by atomic mass is 9.84. The summed E-state index contributed by atoms with van der Waals surface area (Å²) in [5.41, 5.74) is 0.716. The number of hydrogen-bond acceptors (Lipinski definition) is 1. The van der Waals surface area contributed by atoms with Crippen molar-refractivity contribution in [3.63, 3.8) is 0 Å². The van der Waals surface area contributed by atoms with Crippen molar-refractivity contribution in [1.29, 1.82) is 0 Å². The van der Waals surface area contributed by atoms with Crippen LogP contribution in [0.15, 0.2) is 23.8 Å². The van der Waals surface area contributed by atoms with Crippen LogP contribution in [0.3, 0.4) is 0 Å². The van der Waals surface area contributed by atoms with Crippen molar-refractivity contribution >= 4 is 29.0 Å². The van der Waals surface area contributed by atoms with Gasteiger partial charge in [0.05, 0.1) is 0 Å². The lowest BCUT2D eigenvalue weighted by Crippen LogP contribution is -2.12. The molecule has 19 heavy (non-hydrogen) atoms. The lowest BCUT2D eigenvalue weighted by molar-refractivity contribution is -0.111. The Balaban J connectivity index is 2.31. The smallest absolute Gasteiger partial charge is 0.180 e. The molecule has 2 aliphatic rings. The van der Waals surface area contributed by atoms with Crippen LogP contribution in [0.4, 0.5) is 0 Å². The van der Waals surface area contributed by atoms with Crippen LogP contribution in [0.5, 0.6) is 0 Å². The van der Waals surface area contributed by atoms with Gasteiger partial charge in [-0.1, -0.05) is 32.9 Å². The largest absolute Gasteiger partial charge is 0.290 e. The molecule has 3 heteroatoms. The fourth-order valence-electron chi connectivity index (χ4n) is 3.08. The molecule has 2 unspecified atom stereocenters. The first-order chi connectivity index (χ1) is 8.60. The van der Waals surface area contributed by atoms with Gasteiger partial charge >= 0.3 is 0 Å². The first-order valence-electron chi connectivity index (χ1n) is 6.88. The van der Waals surface area contributed by atoms with Crippen LogP contribution in [0.1, 0.15) is 47.0 Å². The SMILES string of the molecule is CC1=CCCC2(C)C(CC(C)(C)C=CC1=O)C2(Cl)Cl. The van der Waals surface area contributed by atoms with E-state index in [2.05, 4.69) is 20.8 Å². The Morgan fingerprint density at radius 1 is 1.26 bits per heavy atom. The zero-order chi connectivity index (χ0) is 14.5. The van der Waals surface area contributed by atoms with Gasteiger partial charge in [0.2, 0.25) is 0 Å². The van der Waals surface area contributed by atoms with Crippen molar-refractivity contribution in [2.45, 2.75) is 51.3 Å². The lowest BCUT2D eigenvalue weighted by Gasteiger charge is -2.21. The number of fused-ring (bicyclic) bond motifs is 1. The molecule has 0 spiro atoms. The van der Waals surface area contributed by atoms with Crippen LogP contribution in [0.2, 0.25) is 0 Å². The van der Waals surface area contributed by atoms with Crippen molar-refractivity contribution in [3.8, 4) is 0 Å². The Bertz CT molecular complexity index is 459. The molecule has 0 aromatic rings. The summed E-state index contributed by atoms with van der Waals surface area (Å²) >= 11 is 13.0. The highest BCUT2D eigenvalue weighted by Gasteiger charge is 2.72. The molecular formula is C16H22Cl2O. The Morgan fingerprint density at radius 2 is 1.89 bits per heavy atom. The van der Waals surface area contributed by atoms with Crippen LogP contribution < -0.4 is 0 Å². The summed E-state index contributed by atoms with van der Waals surface area (Å²) in [6.07, 6.45) is 8.42. The molecule has 0 aromatic carbocycles. The van der Waals surface area contributed by atoms with Crippen molar-refractivity contribution in [1.82, 2.24) is 0 Å². The first-order valence-corrected chi connectivity index (χ1v) is 7.64. The van der Waals surface area contributed by atoms with Gasteiger partial charge in [0.1, 0.15) is 4.33 Å². The Labute approximate surface area is 126 Å². The highest BCUT2D eigenvalue weighted by Crippen LogP contribution is 2.73. The molecule has 2 atom stereocenters. The van der Waals surface area contributed by atoms with Crippen molar-refractivity contribution in [3.05, 3.63) is 23.8 Å². The van der Waals surface area contributed by atoms with Gasteiger partial charge in [-0.15, -0.1) is 23.2 Å². The standard InChI is InChI=1S/C16H22Cl2O/c1-11-6-5-8-15(4)13(16(15,17)18)10-14(2,3)9-7-12(11)19/h6-7,9,13H,5,8,10H2,1-4H3. The van der Waals surface area contributed by atoms with E-state index in [1.54, 1.807) is 6.08 Å². The Kier molecular flexibility index (Phi) is 3.69. The van der Waals surface area contributed by atoms with Crippen molar-refractivity contribution in [2.75, 3.05) is 0 Å². The van der Waals surface area contributed by atoms with Gasteiger partial charge in [-0.3, -0.25) is 4.79 Å². The van der Waals surface area contributed by atoms with Crippen molar-refractivity contribution < 1.29 is 4.79 Å². The third-order valence-electron chi connectivity index (χ3n) is 4.80. The summed E-state index contributed by atoms with van der Waals surface area (Å²) in [6.45, 7) is 8.31. The average molecular weight is 301 g/mol. The molecule has 2 rings (SSSR count). The molecular weight excluding hydrogens is 279 g/mol. The van der Waals surface area contributed by atoms with Crippen LogP contribution in [0, 0.1) is 16.7 Å². The maximum Gasteiger partial charge on any atom is 0.180 e. The molecule has 0 radical (unpaired) electrons. The highest BCUT2D eigenvalue weighted by molar-refractivity contribution is 6.51. The summed E-state index contributed by atoms with van der Waals surface area (Å²) in [6, 6.07) is 0. The number of rotatable bonds is 0. The van der Waals surface area contributed by atoms with Crippen molar-refractivity contribution in [2.24, 2.45) is 16.7 Å². The monoisotopic (exact) mass is 300 g/mol. The van der Waals surface area contributed by atoms with Gasteiger partial charge in [-0.25, -0.2) is 0 Å². The maximum atomic E-state index is 11.9. The minimum absolute atomic E-state index is 0.0363. The van der Waals surface area contributed by atoms with Gasteiger partial charge in [-0.05, 0) is 43.3 Å². The highest BCUT2D eigenvalue weighted by atomic mass is 35.5. The van der Waals surface area contributed by atoms with Gasteiger partial charge in [-0.2, -0.15) is 0 Å². The van der Waals surface area contributed by atoms with Crippen LogP contribution in [-0.2, 0) is 4.79 Å². The fraction of sp³-hybridized carbons (Fsp3) is 0.688. The minimum Gasteiger partial charge on any atom is -0.290 e. The third kappa shape index (κ3) is 2.64. The van der Waals surface area contributed by atoms with E-state index in [4.69, 9.17) is 23.2 Å². The second-order valence-corrected chi connectivity index (χ2v) is 8.29. The van der Waals surface area contributed by atoms with E-state index in [0.29, 0.717) is 5.92 Å². The normalized spacial score (nSPS) is 37.1. The van der Waals surface area contributed by atoms with Crippen LogP contribution in [0.25, 0.3) is 0 Å². The van der Waals surface area contributed by atoms with E-state index in [9.17, 15) is 4.79 Å². The molecule has 0 heterocycles. The van der Waals surface area contributed by atoms with Gasteiger partial charge < -0.3 is 0 Å². The number of carbonyl (C=O) groups is 1. The number of carbonyl (C=O) groups excluding carboxylic acids is 1. The average Bonchev–Trinajstić information content (AvgIpc) is 2.70. The summed E-state index contributed by atoms with van der Waals surface area (Å²) in [7, 11) is 0. The Morgan fingerprint density at radius 3 is 2.53 bits per heavy atom.